The number of aromatic nitrogens is 2. The summed E-state index contributed by atoms with van der Waals surface area (Å²) in [4.78, 5) is 4.44. The second-order valence-electron chi connectivity index (χ2n) is 6.01. The van der Waals surface area contributed by atoms with Crippen molar-refractivity contribution in [3.05, 3.63) is 47.1 Å². The molecular weight excluding hydrogens is 408 g/mol. The number of anilines is 1. The molecule has 0 atom stereocenters. The maximum Gasteiger partial charge on any atom is 0.263 e. The second kappa shape index (κ2) is 6.75. The molecule has 11 heteroatoms. The largest absolute Gasteiger partial charge is 0.345 e. The topological polar surface area (TPSA) is 124 Å². The molecule has 0 bridgehead atoms. The molecule has 3 rings (SSSR count). The average Bonchev–Trinajstić information content (AvgIpc) is 3.11. The van der Waals surface area contributed by atoms with Gasteiger partial charge in [0.15, 0.2) is 0 Å². The maximum atomic E-state index is 12.8. The van der Waals surface area contributed by atoms with Crippen molar-refractivity contribution >= 4 is 37.1 Å². The summed E-state index contributed by atoms with van der Waals surface area (Å²) in [6, 6.07) is 6.76. The molecule has 3 N–H and O–H groups in total. The maximum absolute atomic E-state index is 12.8. The third-order valence-electron chi connectivity index (χ3n) is 4.05. The summed E-state index contributed by atoms with van der Waals surface area (Å²) in [5, 5.41) is 7.68. The Bertz CT molecular complexity index is 1210. The molecule has 0 unspecified atom stereocenters. The van der Waals surface area contributed by atoms with E-state index in [1.54, 1.807) is 24.6 Å². The van der Waals surface area contributed by atoms with E-state index < -0.39 is 20.0 Å². The molecule has 27 heavy (non-hydrogen) atoms. The predicted molar refractivity (Wildman–Crippen MR) is 105 cm³/mol. The van der Waals surface area contributed by atoms with Crippen molar-refractivity contribution in [2.24, 2.45) is 12.2 Å². The van der Waals surface area contributed by atoms with E-state index in [-0.39, 0.29) is 15.5 Å². The van der Waals surface area contributed by atoms with Crippen LogP contribution in [0.25, 0.3) is 10.7 Å². The van der Waals surface area contributed by atoms with Crippen LogP contribution in [0.5, 0.6) is 0 Å². The van der Waals surface area contributed by atoms with E-state index in [1.165, 1.54) is 35.6 Å². The molecule has 2 heterocycles. The Morgan fingerprint density at radius 1 is 1.11 bits per heavy atom. The fourth-order valence-corrected chi connectivity index (χ4v) is 5.26. The van der Waals surface area contributed by atoms with Gasteiger partial charge in [0.25, 0.3) is 10.0 Å². The molecule has 2 aromatic heterocycles. The van der Waals surface area contributed by atoms with Crippen LogP contribution in [-0.4, -0.2) is 26.4 Å². The molecule has 0 amide bonds. The van der Waals surface area contributed by atoms with Gasteiger partial charge in [0, 0.05) is 29.5 Å². The van der Waals surface area contributed by atoms with Crippen molar-refractivity contribution in [3.8, 4) is 10.7 Å². The van der Waals surface area contributed by atoms with Crippen LogP contribution in [0.15, 0.2) is 45.5 Å². The molecule has 0 aliphatic rings. The van der Waals surface area contributed by atoms with Gasteiger partial charge in [-0.15, -0.1) is 11.3 Å². The van der Waals surface area contributed by atoms with Gasteiger partial charge in [-0.3, -0.25) is 4.72 Å². The van der Waals surface area contributed by atoms with E-state index in [0.717, 1.165) is 10.7 Å². The molecule has 0 saturated carbocycles. The Kier molecular flexibility index (Phi) is 4.89. The molecule has 0 spiro atoms. The van der Waals surface area contributed by atoms with Crippen LogP contribution in [0.3, 0.4) is 0 Å². The van der Waals surface area contributed by atoms with E-state index in [1.807, 2.05) is 12.3 Å². The van der Waals surface area contributed by atoms with Crippen LogP contribution in [0.4, 0.5) is 5.69 Å². The standard InChI is InChI=1S/C16H18N4O4S3/c1-10-9-25-16(18-10)14-8-15(11(2)20(14)3)27(23,24)19-12-4-6-13(7-5-12)26(17,21)22/h4-9,19H,1-3H3,(H2,17,21,22). The zero-order chi connectivity index (χ0) is 20.0. The van der Waals surface area contributed by atoms with Crippen LogP contribution in [-0.2, 0) is 27.1 Å². The molecule has 0 aliphatic heterocycles. The lowest BCUT2D eigenvalue weighted by Crippen LogP contribution is -2.15. The van der Waals surface area contributed by atoms with Crippen molar-refractivity contribution in [2.45, 2.75) is 23.6 Å². The smallest absolute Gasteiger partial charge is 0.263 e. The van der Waals surface area contributed by atoms with Crippen LogP contribution >= 0.6 is 11.3 Å². The lowest BCUT2D eigenvalue weighted by molar-refractivity contribution is 0.597. The number of nitrogens with two attached hydrogens (primary N) is 1. The second-order valence-corrected chi connectivity index (χ2v) is 10.1. The zero-order valence-electron chi connectivity index (χ0n) is 14.8. The summed E-state index contributed by atoms with van der Waals surface area (Å²) in [6.07, 6.45) is 0. The normalized spacial score (nSPS) is 12.3. The molecule has 144 valence electrons. The number of primary sulfonamides is 1. The number of hydrogen-bond acceptors (Lipinski definition) is 6. The molecule has 0 radical (unpaired) electrons. The van der Waals surface area contributed by atoms with Crippen molar-refractivity contribution in [3.63, 3.8) is 0 Å². The summed E-state index contributed by atoms with van der Waals surface area (Å²) < 4.78 is 52.5. The molecule has 8 nitrogen and oxygen atoms in total. The van der Waals surface area contributed by atoms with Crippen LogP contribution in [0.2, 0.25) is 0 Å². The molecule has 3 aromatic rings. The lowest BCUT2D eigenvalue weighted by Gasteiger charge is -2.08. The number of benzene rings is 1. The van der Waals surface area contributed by atoms with E-state index in [4.69, 9.17) is 5.14 Å². The summed E-state index contributed by atoms with van der Waals surface area (Å²) in [5.74, 6) is 0. The van der Waals surface area contributed by atoms with Crippen LogP contribution in [0, 0.1) is 13.8 Å². The van der Waals surface area contributed by atoms with Gasteiger partial charge in [-0.1, -0.05) is 0 Å². The molecular formula is C16H18N4O4S3. The number of rotatable bonds is 5. The minimum absolute atomic E-state index is 0.0947. The third-order valence-corrected chi connectivity index (χ3v) is 7.46. The van der Waals surface area contributed by atoms with Crippen LogP contribution in [0.1, 0.15) is 11.4 Å². The van der Waals surface area contributed by atoms with Gasteiger partial charge in [0.1, 0.15) is 9.90 Å². The Balaban J connectivity index is 1.96. The van der Waals surface area contributed by atoms with E-state index in [2.05, 4.69) is 9.71 Å². The summed E-state index contributed by atoms with van der Waals surface area (Å²) in [5.41, 5.74) is 2.37. The van der Waals surface area contributed by atoms with E-state index in [0.29, 0.717) is 11.4 Å². The fourth-order valence-electron chi connectivity index (χ4n) is 2.54. The average molecular weight is 427 g/mol. The summed E-state index contributed by atoms with van der Waals surface area (Å²) in [6.45, 7) is 3.59. The van der Waals surface area contributed by atoms with Crippen LogP contribution < -0.4 is 9.86 Å². The highest BCUT2D eigenvalue weighted by atomic mass is 32.2. The monoisotopic (exact) mass is 426 g/mol. The zero-order valence-corrected chi connectivity index (χ0v) is 17.2. The Hall–Kier alpha value is -2.21. The number of aryl methyl sites for hydroxylation is 1. The molecule has 0 fully saturated rings. The first-order chi connectivity index (χ1) is 12.5. The van der Waals surface area contributed by atoms with Gasteiger partial charge in [0.05, 0.1) is 10.6 Å². The van der Waals surface area contributed by atoms with Gasteiger partial charge in [-0.05, 0) is 44.2 Å². The van der Waals surface area contributed by atoms with Gasteiger partial charge in [-0.2, -0.15) is 0 Å². The van der Waals surface area contributed by atoms with Gasteiger partial charge in [0.2, 0.25) is 10.0 Å². The number of hydrogen-bond donors (Lipinski definition) is 2. The first kappa shape index (κ1) is 19.5. The number of sulfonamides is 2. The van der Waals surface area contributed by atoms with Crippen molar-refractivity contribution in [2.75, 3.05) is 4.72 Å². The Morgan fingerprint density at radius 3 is 2.26 bits per heavy atom. The lowest BCUT2D eigenvalue weighted by atomic mass is 10.3. The van der Waals surface area contributed by atoms with Gasteiger partial charge in [-0.25, -0.2) is 27.0 Å². The summed E-state index contributed by atoms with van der Waals surface area (Å²) in [7, 11) is -5.93. The first-order valence-corrected chi connectivity index (χ1v) is 11.6. The first-order valence-electron chi connectivity index (χ1n) is 7.73. The highest BCUT2D eigenvalue weighted by Gasteiger charge is 2.23. The minimum Gasteiger partial charge on any atom is -0.345 e. The SMILES string of the molecule is Cc1csc(-c2cc(S(=O)(=O)Nc3ccc(S(N)(=O)=O)cc3)c(C)n2C)n1. The minimum atomic E-state index is -3.87. The molecule has 1 aromatic carbocycles. The number of nitrogens with one attached hydrogen (secondary N) is 1. The Morgan fingerprint density at radius 2 is 1.74 bits per heavy atom. The van der Waals surface area contributed by atoms with Crippen molar-refractivity contribution in [1.82, 2.24) is 9.55 Å². The highest BCUT2D eigenvalue weighted by Crippen LogP contribution is 2.30. The van der Waals surface area contributed by atoms with E-state index in [9.17, 15) is 16.8 Å². The molecule has 0 saturated heterocycles. The fraction of sp³-hybridized carbons (Fsp3) is 0.188. The van der Waals surface area contributed by atoms with Crippen molar-refractivity contribution < 1.29 is 16.8 Å². The third kappa shape index (κ3) is 3.90. The van der Waals surface area contributed by atoms with E-state index >= 15 is 0 Å². The Labute approximate surface area is 161 Å². The number of nitrogens with zero attached hydrogens (tertiary/aromatic N) is 2. The summed E-state index contributed by atoms with van der Waals surface area (Å²) >= 11 is 1.44. The molecule has 0 aliphatic carbocycles. The quantitative estimate of drug-likeness (QED) is 0.647. The van der Waals surface area contributed by atoms with Gasteiger partial charge < -0.3 is 4.57 Å². The van der Waals surface area contributed by atoms with Gasteiger partial charge >= 0.3 is 0 Å². The number of thiazole rings is 1. The van der Waals surface area contributed by atoms with Crippen molar-refractivity contribution in [1.29, 1.82) is 0 Å². The highest BCUT2D eigenvalue weighted by molar-refractivity contribution is 7.92. The predicted octanol–water partition coefficient (Wildman–Crippen LogP) is 2.21.